The van der Waals surface area contributed by atoms with E-state index in [1.165, 1.54) is 20.4 Å². The Bertz CT molecular complexity index is 611. The lowest BCUT2D eigenvalue weighted by molar-refractivity contribution is -0.732. The van der Waals surface area contributed by atoms with Crippen molar-refractivity contribution in [2.24, 2.45) is 11.8 Å². The number of fused-ring (bicyclic) bond motifs is 1. The van der Waals surface area contributed by atoms with Gasteiger partial charge < -0.3 is 14.5 Å². The largest absolute Gasteiger partial charge is 0.464 e. The fraction of sp³-hybridized carbons (Fsp3) is 0.500. The van der Waals surface area contributed by atoms with E-state index in [1.807, 2.05) is 0 Å². The van der Waals surface area contributed by atoms with Gasteiger partial charge in [0.2, 0.25) is 17.4 Å². The molecule has 2 saturated heterocycles. The Balaban J connectivity index is 2.10. The number of methoxy groups -OCH3 is 1. The molecule has 2 amide bonds. The summed E-state index contributed by atoms with van der Waals surface area (Å²) in [5.41, 5.74) is -1.13. The molecule has 0 radical (unpaired) electrons. The Morgan fingerprint density at radius 2 is 2.14 bits per heavy atom. The summed E-state index contributed by atoms with van der Waals surface area (Å²) >= 11 is 0. The number of hydrogen-bond donors (Lipinski definition) is 1. The second kappa shape index (κ2) is 4.42. The molecular weight excluding hydrogens is 276 g/mol. The second-order valence-corrected chi connectivity index (χ2v) is 5.72. The van der Waals surface area contributed by atoms with Crippen molar-refractivity contribution in [3.63, 3.8) is 0 Å². The maximum atomic E-state index is 12.4. The van der Waals surface area contributed by atoms with Crippen LogP contribution < -0.4 is 5.32 Å². The maximum absolute atomic E-state index is 12.4. The van der Waals surface area contributed by atoms with E-state index in [0.717, 1.165) is 4.90 Å². The average Bonchev–Trinajstić information content (AvgIpc) is 3.14. The molecule has 21 heavy (non-hydrogen) atoms. The zero-order chi connectivity index (χ0) is 15.4. The van der Waals surface area contributed by atoms with Crippen LogP contribution in [0, 0.1) is 11.8 Å². The van der Waals surface area contributed by atoms with Gasteiger partial charge in [0.1, 0.15) is 11.8 Å². The number of esters is 1. The fourth-order valence-corrected chi connectivity index (χ4v) is 3.56. The van der Waals surface area contributed by atoms with Crippen molar-refractivity contribution in [3.8, 4) is 0 Å². The summed E-state index contributed by atoms with van der Waals surface area (Å²) in [5, 5.41) is 1.72. The third-order valence-electron chi connectivity index (χ3n) is 4.63. The molecule has 4 atom stereocenters. The van der Waals surface area contributed by atoms with Crippen LogP contribution in [0.25, 0.3) is 0 Å². The summed E-state index contributed by atoms with van der Waals surface area (Å²) in [5.74, 6) is -1.91. The first-order chi connectivity index (χ1) is 9.91. The predicted molar refractivity (Wildman–Crippen MR) is 68.6 cm³/mol. The number of carbonyl (C=O) groups excluding carboxylic acids is 3. The number of nitrogens with zero attached hydrogens (tertiary/aromatic N) is 1. The number of ether oxygens (including phenoxy) is 1. The molecule has 0 bridgehead atoms. The lowest BCUT2D eigenvalue weighted by atomic mass is 9.81. The van der Waals surface area contributed by atoms with Crippen molar-refractivity contribution in [3.05, 3.63) is 24.2 Å². The van der Waals surface area contributed by atoms with Crippen LogP contribution in [-0.2, 0) is 19.1 Å². The van der Waals surface area contributed by atoms with Gasteiger partial charge in [0.05, 0.1) is 13.4 Å². The first kappa shape index (κ1) is 13.8. The van der Waals surface area contributed by atoms with Gasteiger partial charge in [0.25, 0.3) is 0 Å². The molecule has 1 aromatic rings. The average molecular weight is 293 g/mol. The van der Waals surface area contributed by atoms with E-state index in [0.29, 0.717) is 5.76 Å². The SMILES string of the molecule is COC(=O)[C@]1(C)[NH2+][C@@H](c2ccco2)[C@H]2C(=O)N(C)C(=O)[C@H]21. The number of hydrogen-bond acceptors (Lipinski definition) is 5. The van der Waals surface area contributed by atoms with Crippen LogP contribution in [0.4, 0.5) is 0 Å². The highest BCUT2D eigenvalue weighted by atomic mass is 16.5. The molecule has 0 aromatic carbocycles. The number of quaternary nitrogens is 1. The minimum Gasteiger partial charge on any atom is -0.464 e. The number of furan rings is 1. The molecule has 0 saturated carbocycles. The summed E-state index contributed by atoms with van der Waals surface area (Å²) in [6.07, 6.45) is 1.51. The van der Waals surface area contributed by atoms with Gasteiger partial charge in [-0.15, -0.1) is 0 Å². The van der Waals surface area contributed by atoms with Crippen LogP contribution in [0.3, 0.4) is 0 Å². The molecule has 7 heteroatoms. The lowest BCUT2D eigenvalue weighted by Crippen LogP contribution is -2.97. The van der Waals surface area contributed by atoms with E-state index in [4.69, 9.17) is 9.15 Å². The van der Waals surface area contributed by atoms with Crippen LogP contribution in [0.2, 0.25) is 0 Å². The van der Waals surface area contributed by atoms with Crippen molar-refractivity contribution in [2.45, 2.75) is 18.5 Å². The van der Waals surface area contributed by atoms with Crippen molar-refractivity contribution >= 4 is 17.8 Å². The monoisotopic (exact) mass is 293 g/mol. The zero-order valence-corrected chi connectivity index (χ0v) is 12.0. The number of nitrogens with two attached hydrogens (primary N) is 1. The zero-order valence-electron chi connectivity index (χ0n) is 12.0. The van der Waals surface area contributed by atoms with Gasteiger partial charge in [-0.05, 0) is 12.1 Å². The molecule has 2 aliphatic rings. The van der Waals surface area contributed by atoms with Crippen LogP contribution in [-0.4, -0.2) is 42.4 Å². The third-order valence-corrected chi connectivity index (χ3v) is 4.63. The van der Waals surface area contributed by atoms with Gasteiger partial charge >= 0.3 is 5.97 Å². The van der Waals surface area contributed by atoms with Gasteiger partial charge in [0, 0.05) is 14.0 Å². The number of likely N-dealkylation sites (tertiary alicyclic amines) is 1. The van der Waals surface area contributed by atoms with Crippen molar-refractivity contribution in [1.82, 2.24) is 4.90 Å². The Labute approximate surface area is 121 Å². The molecule has 3 heterocycles. The Kier molecular flexibility index (Phi) is 2.91. The molecule has 112 valence electrons. The Morgan fingerprint density at radius 3 is 2.71 bits per heavy atom. The molecule has 2 fully saturated rings. The quantitative estimate of drug-likeness (QED) is 0.561. The highest BCUT2D eigenvalue weighted by molar-refractivity contribution is 6.08. The molecule has 2 N–H and O–H groups in total. The summed E-state index contributed by atoms with van der Waals surface area (Å²) in [4.78, 5) is 38.1. The normalized spacial score (nSPS) is 35.2. The van der Waals surface area contributed by atoms with E-state index in [-0.39, 0.29) is 11.8 Å². The number of amides is 2. The smallest absolute Gasteiger partial charge is 0.368 e. The molecular formula is C14H17N2O5+. The molecule has 1 aromatic heterocycles. The second-order valence-electron chi connectivity index (χ2n) is 5.72. The Hall–Kier alpha value is -2.15. The number of imide groups is 1. The predicted octanol–water partition coefficient (Wildman–Crippen LogP) is -0.940. The lowest BCUT2D eigenvalue weighted by Gasteiger charge is -2.24. The van der Waals surface area contributed by atoms with Crippen molar-refractivity contribution in [1.29, 1.82) is 0 Å². The molecule has 2 aliphatic heterocycles. The summed E-state index contributed by atoms with van der Waals surface area (Å²) < 4.78 is 10.2. The van der Waals surface area contributed by atoms with E-state index < -0.39 is 29.4 Å². The standard InChI is InChI=1S/C14H16N2O5/c1-14(13(19)20-3)9-8(11(17)16(2)12(9)18)10(15-14)7-5-4-6-21-7/h4-6,8-10,15H,1-3H3/p+1/t8-,9-,10-,14+/m0/s1. The highest BCUT2D eigenvalue weighted by Gasteiger charge is 2.70. The van der Waals surface area contributed by atoms with Gasteiger partial charge in [0.15, 0.2) is 11.8 Å². The van der Waals surface area contributed by atoms with Crippen LogP contribution >= 0.6 is 0 Å². The first-order valence-electron chi connectivity index (χ1n) is 6.71. The van der Waals surface area contributed by atoms with Gasteiger partial charge in [-0.2, -0.15) is 0 Å². The minimum absolute atomic E-state index is 0.282. The van der Waals surface area contributed by atoms with E-state index in [1.54, 1.807) is 24.4 Å². The third kappa shape index (κ3) is 1.67. The summed E-state index contributed by atoms with van der Waals surface area (Å²) in [6.45, 7) is 1.64. The maximum Gasteiger partial charge on any atom is 0.368 e. The van der Waals surface area contributed by atoms with E-state index in [2.05, 4.69) is 0 Å². The summed E-state index contributed by atoms with van der Waals surface area (Å²) in [6, 6.07) is 3.06. The van der Waals surface area contributed by atoms with Crippen molar-refractivity contribution < 1.29 is 28.9 Å². The van der Waals surface area contributed by atoms with Crippen LogP contribution in [0.1, 0.15) is 18.7 Å². The van der Waals surface area contributed by atoms with E-state index in [9.17, 15) is 14.4 Å². The summed E-state index contributed by atoms with van der Waals surface area (Å²) in [7, 11) is 2.72. The topological polar surface area (TPSA) is 93.4 Å². The highest BCUT2D eigenvalue weighted by Crippen LogP contribution is 2.43. The molecule has 7 nitrogen and oxygen atoms in total. The van der Waals surface area contributed by atoms with Gasteiger partial charge in [-0.25, -0.2) is 4.79 Å². The molecule has 0 aliphatic carbocycles. The fourth-order valence-electron chi connectivity index (χ4n) is 3.56. The number of rotatable bonds is 2. The van der Waals surface area contributed by atoms with E-state index >= 15 is 0 Å². The first-order valence-corrected chi connectivity index (χ1v) is 6.71. The number of carbonyl (C=O) groups is 3. The molecule has 3 rings (SSSR count). The van der Waals surface area contributed by atoms with Crippen LogP contribution in [0.15, 0.2) is 22.8 Å². The van der Waals surface area contributed by atoms with Gasteiger partial charge in [-0.3, -0.25) is 14.5 Å². The molecule has 0 spiro atoms. The van der Waals surface area contributed by atoms with Crippen molar-refractivity contribution in [2.75, 3.05) is 14.2 Å². The van der Waals surface area contributed by atoms with Crippen LogP contribution in [0.5, 0.6) is 0 Å². The Morgan fingerprint density at radius 1 is 1.43 bits per heavy atom. The van der Waals surface area contributed by atoms with Gasteiger partial charge in [-0.1, -0.05) is 0 Å². The minimum atomic E-state index is -1.13. The molecule has 0 unspecified atom stereocenters.